The van der Waals surface area contributed by atoms with Crippen LogP contribution < -0.4 is 5.32 Å². The molecular formula is C33H33N5O4. The number of hydrazine groups is 1. The van der Waals surface area contributed by atoms with Gasteiger partial charge >= 0.3 is 6.03 Å². The monoisotopic (exact) mass is 563 g/mol. The Hall–Kier alpha value is -4.89. The molecule has 4 amide bonds. The van der Waals surface area contributed by atoms with Crippen LogP contribution in [0.4, 0.5) is 4.79 Å². The number of phenols is 1. The zero-order valence-corrected chi connectivity index (χ0v) is 23.4. The fourth-order valence-electron chi connectivity index (χ4n) is 5.99. The van der Waals surface area contributed by atoms with Gasteiger partial charge in [0.15, 0.2) is 0 Å². The maximum absolute atomic E-state index is 14.2. The molecule has 2 fully saturated rings. The molecule has 4 aromatic carbocycles. The molecule has 2 atom stereocenters. The van der Waals surface area contributed by atoms with Crippen LogP contribution in [-0.2, 0) is 29.1 Å². The fraction of sp³-hybridized carbons (Fsp3) is 0.242. The van der Waals surface area contributed by atoms with Gasteiger partial charge in [-0.25, -0.2) is 14.8 Å². The summed E-state index contributed by atoms with van der Waals surface area (Å²) in [7, 11) is 1.72. The van der Waals surface area contributed by atoms with Crippen molar-refractivity contribution < 1.29 is 19.5 Å². The number of carbonyl (C=O) groups excluding carboxylic acids is 3. The number of urea groups is 1. The number of fused-ring (bicyclic) bond motifs is 2. The molecule has 0 spiro atoms. The summed E-state index contributed by atoms with van der Waals surface area (Å²) in [5, 5.41) is 18.1. The summed E-state index contributed by atoms with van der Waals surface area (Å²) in [6.07, 6.45) is -0.432. The zero-order valence-electron chi connectivity index (χ0n) is 23.4. The lowest BCUT2D eigenvalue weighted by Crippen LogP contribution is -2.76. The van der Waals surface area contributed by atoms with Gasteiger partial charge in [0.2, 0.25) is 11.8 Å². The molecule has 2 N–H and O–H groups in total. The van der Waals surface area contributed by atoms with E-state index in [1.54, 1.807) is 51.1 Å². The number of rotatable bonds is 6. The molecule has 0 aliphatic carbocycles. The van der Waals surface area contributed by atoms with Gasteiger partial charge in [-0.05, 0) is 39.6 Å². The van der Waals surface area contributed by atoms with Crippen molar-refractivity contribution in [2.45, 2.75) is 31.7 Å². The first-order chi connectivity index (χ1) is 20.4. The average molecular weight is 564 g/mol. The SMILES string of the molecule is CN1CC(=O)N2[C@@H](Cc3ccc(O)cc3)C(=O)N(Cc3cccc4ccccc34)C[C@@H]2N1C(=O)NCc1ccccc1. The van der Waals surface area contributed by atoms with E-state index in [4.69, 9.17) is 0 Å². The smallest absolute Gasteiger partial charge is 0.334 e. The number of amides is 4. The minimum Gasteiger partial charge on any atom is -0.508 e. The van der Waals surface area contributed by atoms with Crippen molar-refractivity contribution in [3.05, 3.63) is 114 Å². The molecule has 2 saturated heterocycles. The number of nitrogens with one attached hydrogen (secondary N) is 1. The molecule has 0 aromatic heterocycles. The van der Waals surface area contributed by atoms with Gasteiger partial charge in [0.1, 0.15) is 18.0 Å². The van der Waals surface area contributed by atoms with Gasteiger partial charge in [-0.3, -0.25) is 9.59 Å². The number of piperazine rings is 1. The Morgan fingerprint density at radius 3 is 2.38 bits per heavy atom. The zero-order chi connectivity index (χ0) is 29.2. The molecule has 0 bridgehead atoms. The second kappa shape index (κ2) is 11.5. The van der Waals surface area contributed by atoms with Crippen LogP contribution in [-0.4, -0.2) is 75.1 Å². The normalized spacial score (nSPS) is 19.2. The molecule has 2 aliphatic heterocycles. The Labute approximate surface area is 244 Å². The highest BCUT2D eigenvalue weighted by molar-refractivity contribution is 5.92. The van der Waals surface area contributed by atoms with Crippen molar-refractivity contribution in [1.29, 1.82) is 0 Å². The van der Waals surface area contributed by atoms with E-state index < -0.39 is 12.2 Å². The van der Waals surface area contributed by atoms with Crippen LogP contribution in [0.2, 0.25) is 0 Å². The molecule has 0 unspecified atom stereocenters. The molecule has 0 radical (unpaired) electrons. The number of likely N-dealkylation sites (N-methyl/N-ethyl adjacent to an activating group) is 1. The fourth-order valence-corrected chi connectivity index (χ4v) is 5.99. The van der Waals surface area contributed by atoms with Gasteiger partial charge in [0.25, 0.3) is 0 Å². The quantitative estimate of drug-likeness (QED) is 0.373. The summed E-state index contributed by atoms with van der Waals surface area (Å²) in [5.74, 6) is -0.257. The van der Waals surface area contributed by atoms with Crippen LogP contribution in [0.5, 0.6) is 5.75 Å². The van der Waals surface area contributed by atoms with Gasteiger partial charge in [-0.2, -0.15) is 0 Å². The third-order valence-corrected chi connectivity index (χ3v) is 8.04. The summed E-state index contributed by atoms with van der Waals surface area (Å²) in [6.45, 7) is 0.815. The first-order valence-corrected chi connectivity index (χ1v) is 14.1. The topological polar surface area (TPSA) is 96.4 Å². The lowest BCUT2D eigenvalue weighted by molar-refractivity contribution is -0.187. The van der Waals surface area contributed by atoms with Crippen LogP contribution in [0.1, 0.15) is 16.7 Å². The van der Waals surface area contributed by atoms with E-state index in [1.165, 1.54) is 0 Å². The van der Waals surface area contributed by atoms with Crippen molar-refractivity contribution in [2.24, 2.45) is 0 Å². The summed E-state index contributed by atoms with van der Waals surface area (Å²) in [6, 6.07) is 29.2. The predicted octanol–water partition coefficient (Wildman–Crippen LogP) is 3.73. The first kappa shape index (κ1) is 27.3. The van der Waals surface area contributed by atoms with Gasteiger partial charge in [-0.1, -0.05) is 84.9 Å². The average Bonchev–Trinajstić information content (AvgIpc) is 2.99. The molecule has 214 valence electrons. The van der Waals surface area contributed by atoms with Crippen LogP contribution in [0.25, 0.3) is 10.8 Å². The van der Waals surface area contributed by atoms with Gasteiger partial charge in [0, 0.05) is 26.6 Å². The van der Waals surface area contributed by atoms with E-state index in [1.807, 2.05) is 72.8 Å². The van der Waals surface area contributed by atoms with Crippen LogP contribution in [0.3, 0.4) is 0 Å². The van der Waals surface area contributed by atoms with Gasteiger partial charge in [0.05, 0.1) is 13.1 Å². The molecule has 0 saturated carbocycles. The maximum atomic E-state index is 14.2. The van der Waals surface area contributed by atoms with Crippen LogP contribution >= 0.6 is 0 Å². The van der Waals surface area contributed by atoms with Crippen molar-refractivity contribution in [1.82, 2.24) is 25.1 Å². The molecule has 9 nitrogen and oxygen atoms in total. The highest BCUT2D eigenvalue weighted by Gasteiger charge is 2.50. The molecule has 4 aromatic rings. The number of benzene rings is 4. The van der Waals surface area contributed by atoms with E-state index in [-0.39, 0.29) is 43.1 Å². The lowest BCUT2D eigenvalue weighted by Gasteiger charge is -2.54. The Kier molecular flexibility index (Phi) is 7.50. The molecule has 2 aliphatic rings. The third-order valence-electron chi connectivity index (χ3n) is 8.04. The Morgan fingerprint density at radius 1 is 0.881 bits per heavy atom. The number of nitrogens with zero attached hydrogens (tertiary/aromatic N) is 4. The number of carbonyl (C=O) groups is 3. The largest absolute Gasteiger partial charge is 0.508 e. The van der Waals surface area contributed by atoms with E-state index in [0.29, 0.717) is 13.1 Å². The lowest BCUT2D eigenvalue weighted by atomic mass is 9.97. The van der Waals surface area contributed by atoms with Crippen LogP contribution in [0, 0.1) is 0 Å². The molecule has 42 heavy (non-hydrogen) atoms. The maximum Gasteiger partial charge on any atom is 0.334 e. The summed E-state index contributed by atoms with van der Waals surface area (Å²) >= 11 is 0. The van der Waals surface area contributed by atoms with Crippen LogP contribution in [0.15, 0.2) is 97.1 Å². The van der Waals surface area contributed by atoms with Gasteiger partial charge < -0.3 is 20.2 Å². The Balaban J connectivity index is 1.34. The van der Waals surface area contributed by atoms with E-state index in [0.717, 1.165) is 27.5 Å². The predicted molar refractivity (Wildman–Crippen MR) is 159 cm³/mol. The Bertz CT molecular complexity index is 1600. The van der Waals surface area contributed by atoms with E-state index in [9.17, 15) is 19.5 Å². The molecule has 2 heterocycles. The number of phenolic OH excluding ortho intramolecular Hbond substituents is 1. The van der Waals surface area contributed by atoms with Gasteiger partial charge in [-0.15, -0.1) is 0 Å². The molecule has 9 heteroatoms. The highest BCUT2D eigenvalue weighted by atomic mass is 16.3. The second-order valence-corrected chi connectivity index (χ2v) is 10.8. The second-order valence-electron chi connectivity index (χ2n) is 10.8. The van der Waals surface area contributed by atoms with Crippen molar-refractivity contribution in [3.8, 4) is 5.75 Å². The van der Waals surface area contributed by atoms with Crippen molar-refractivity contribution in [3.63, 3.8) is 0 Å². The van der Waals surface area contributed by atoms with Crippen molar-refractivity contribution in [2.75, 3.05) is 20.1 Å². The Morgan fingerprint density at radius 2 is 1.60 bits per heavy atom. The standard InChI is InChI=1S/C33H33N5O4/c1-35-22-31(40)37-29(18-23-14-16-27(39)17-15-23)32(41)36(20-26-12-7-11-25-10-5-6-13-28(25)26)21-30(37)38(35)33(42)34-19-24-8-3-2-4-9-24/h2-17,29-30,39H,18-22H2,1H3,(H,34,42)/t29-,30-/m0/s1. The third kappa shape index (κ3) is 5.38. The summed E-state index contributed by atoms with van der Waals surface area (Å²) in [5.41, 5.74) is 2.76. The van der Waals surface area contributed by atoms with E-state index in [2.05, 4.69) is 5.32 Å². The highest BCUT2D eigenvalue weighted by Crippen LogP contribution is 2.30. The molecule has 6 rings (SSSR count). The molecular weight excluding hydrogens is 530 g/mol. The summed E-state index contributed by atoms with van der Waals surface area (Å²) in [4.78, 5) is 44.7. The first-order valence-electron chi connectivity index (χ1n) is 14.1. The summed E-state index contributed by atoms with van der Waals surface area (Å²) < 4.78 is 0. The number of hydrogen-bond acceptors (Lipinski definition) is 5. The number of hydrogen-bond donors (Lipinski definition) is 2. The van der Waals surface area contributed by atoms with E-state index >= 15 is 0 Å². The minimum absolute atomic E-state index is 0.0298. The number of aromatic hydroxyl groups is 1. The van der Waals surface area contributed by atoms with Crippen molar-refractivity contribution >= 4 is 28.6 Å². The minimum atomic E-state index is -0.811.